The van der Waals surface area contributed by atoms with Gasteiger partial charge in [0.25, 0.3) is 10.0 Å². The van der Waals surface area contributed by atoms with E-state index in [-0.39, 0.29) is 10.9 Å². The molecular weight excluding hydrogens is 276 g/mol. The molecule has 0 bridgehead atoms. The van der Waals surface area contributed by atoms with E-state index in [4.69, 9.17) is 5.73 Å². The van der Waals surface area contributed by atoms with Crippen LogP contribution in [0.2, 0.25) is 0 Å². The molecule has 0 aliphatic carbocycles. The molecule has 0 unspecified atom stereocenters. The van der Waals surface area contributed by atoms with E-state index in [1.807, 2.05) is 13.8 Å². The molecule has 0 saturated carbocycles. The Morgan fingerprint density at radius 2 is 2.00 bits per heavy atom. The van der Waals surface area contributed by atoms with Gasteiger partial charge < -0.3 is 5.73 Å². The van der Waals surface area contributed by atoms with Crippen molar-refractivity contribution in [2.24, 2.45) is 0 Å². The van der Waals surface area contributed by atoms with Crippen molar-refractivity contribution in [1.29, 1.82) is 0 Å². The molecule has 108 valence electrons. The largest absolute Gasteiger partial charge is 0.399 e. The summed E-state index contributed by atoms with van der Waals surface area (Å²) in [7, 11) is -3.65. The number of benzene rings is 1. The highest BCUT2D eigenvalue weighted by Gasteiger charge is 2.16. The van der Waals surface area contributed by atoms with Crippen molar-refractivity contribution in [3.05, 3.63) is 36.2 Å². The van der Waals surface area contributed by atoms with Crippen molar-refractivity contribution < 1.29 is 8.42 Å². The molecule has 6 nitrogen and oxygen atoms in total. The summed E-state index contributed by atoms with van der Waals surface area (Å²) >= 11 is 0. The lowest BCUT2D eigenvalue weighted by Gasteiger charge is -2.08. The van der Waals surface area contributed by atoms with Crippen LogP contribution in [0.1, 0.15) is 25.5 Å². The van der Waals surface area contributed by atoms with Crippen LogP contribution < -0.4 is 10.5 Å². The Hall–Kier alpha value is -2.02. The predicted octanol–water partition coefficient (Wildman–Crippen LogP) is 2.16. The molecule has 2 aromatic rings. The van der Waals surface area contributed by atoms with Crippen molar-refractivity contribution in [3.8, 4) is 0 Å². The van der Waals surface area contributed by atoms with Crippen LogP contribution in [0.3, 0.4) is 0 Å². The van der Waals surface area contributed by atoms with Crippen LogP contribution >= 0.6 is 0 Å². The second kappa shape index (κ2) is 5.16. The van der Waals surface area contributed by atoms with Crippen molar-refractivity contribution in [1.82, 2.24) is 9.78 Å². The molecule has 3 N–H and O–H groups in total. The lowest BCUT2D eigenvalue weighted by atomic mass is 10.2. The second-order valence-corrected chi connectivity index (χ2v) is 6.67. The Morgan fingerprint density at radius 3 is 2.55 bits per heavy atom. The zero-order chi connectivity index (χ0) is 14.9. The SMILES string of the molecule is Cc1cc(N)cc(S(=O)(=O)Nc2cnn(C(C)C)c2)c1. The maximum Gasteiger partial charge on any atom is 0.262 e. The molecule has 1 aromatic carbocycles. The number of nitrogens with zero attached hydrogens (tertiary/aromatic N) is 2. The van der Waals surface area contributed by atoms with Crippen LogP contribution in [0.25, 0.3) is 0 Å². The molecule has 1 aromatic heterocycles. The minimum absolute atomic E-state index is 0.146. The summed E-state index contributed by atoms with van der Waals surface area (Å²) in [4.78, 5) is 0.146. The van der Waals surface area contributed by atoms with Crippen LogP contribution in [0.4, 0.5) is 11.4 Å². The second-order valence-electron chi connectivity index (χ2n) is 4.99. The fourth-order valence-electron chi connectivity index (χ4n) is 1.82. The first-order chi connectivity index (χ1) is 9.28. The molecule has 2 rings (SSSR count). The molecule has 7 heteroatoms. The maximum absolute atomic E-state index is 12.3. The molecule has 0 fully saturated rings. The van der Waals surface area contributed by atoms with E-state index in [1.165, 1.54) is 12.3 Å². The van der Waals surface area contributed by atoms with Crippen LogP contribution in [-0.4, -0.2) is 18.2 Å². The lowest BCUT2D eigenvalue weighted by Crippen LogP contribution is -2.13. The van der Waals surface area contributed by atoms with Gasteiger partial charge in [-0.2, -0.15) is 5.10 Å². The van der Waals surface area contributed by atoms with Gasteiger partial charge in [-0.05, 0) is 44.5 Å². The van der Waals surface area contributed by atoms with Crippen LogP contribution in [-0.2, 0) is 10.0 Å². The number of sulfonamides is 1. The summed E-state index contributed by atoms with van der Waals surface area (Å²) in [6.45, 7) is 5.73. The Labute approximate surface area is 118 Å². The van der Waals surface area contributed by atoms with Crippen LogP contribution in [0.5, 0.6) is 0 Å². The van der Waals surface area contributed by atoms with Gasteiger partial charge in [0.2, 0.25) is 0 Å². The zero-order valence-corrected chi connectivity index (χ0v) is 12.5. The first-order valence-corrected chi connectivity index (χ1v) is 7.70. The van der Waals surface area contributed by atoms with Crippen molar-refractivity contribution in [2.75, 3.05) is 10.5 Å². The van der Waals surface area contributed by atoms with Crippen molar-refractivity contribution >= 4 is 21.4 Å². The normalized spacial score (nSPS) is 11.8. The van der Waals surface area contributed by atoms with Crippen molar-refractivity contribution in [2.45, 2.75) is 31.7 Å². The monoisotopic (exact) mass is 294 g/mol. The molecule has 0 aliphatic rings. The fraction of sp³-hybridized carbons (Fsp3) is 0.308. The summed E-state index contributed by atoms with van der Waals surface area (Å²) in [5, 5.41) is 4.09. The molecular formula is C13H18N4O2S. The van der Waals surface area contributed by atoms with E-state index >= 15 is 0 Å². The van der Waals surface area contributed by atoms with Gasteiger partial charge in [0.1, 0.15) is 0 Å². The van der Waals surface area contributed by atoms with Crippen LogP contribution in [0.15, 0.2) is 35.5 Å². The Balaban J connectivity index is 2.30. The van der Waals surface area contributed by atoms with E-state index < -0.39 is 10.0 Å². The van der Waals surface area contributed by atoms with Gasteiger partial charge in [-0.15, -0.1) is 0 Å². The van der Waals surface area contributed by atoms with Gasteiger partial charge >= 0.3 is 0 Å². The Bertz CT molecular complexity index is 699. The molecule has 20 heavy (non-hydrogen) atoms. The smallest absolute Gasteiger partial charge is 0.262 e. The number of aryl methyl sites for hydroxylation is 1. The summed E-state index contributed by atoms with van der Waals surface area (Å²) in [6, 6.07) is 4.90. The van der Waals surface area contributed by atoms with Gasteiger partial charge in [0.15, 0.2) is 0 Å². The molecule has 0 atom stereocenters. The Kier molecular flexibility index (Phi) is 3.71. The van der Waals surface area contributed by atoms with E-state index in [0.29, 0.717) is 11.4 Å². The van der Waals surface area contributed by atoms with Gasteiger partial charge in [-0.1, -0.05) is 0 Å². The summed E-state index contributed by atoms with van der Waals surface area (Å²) < 4.78 is 28.7. The van der Waals surface area contributed by atoms with Gasteiger partial charge in [0, 0.05) is 17.9 Å². The third-order valence-electron chi connectivity index (χ3n) is 2.77. The maximum atomic E-state index is 12.3. The molecule has 1 heterocycles. The summed E-state index contributed by atoms with van der Waals surface area (Å²) in [6.07, 6.45) is 3.14. The topological polar surface area (TPSA) is 90.0 Å². The summed E-state index contributed by atoms with van der Waals surface area (Å²) in [5.41, 5.74) is 7.33. The van der Waals surface area contributed by atoms with Gasteiger partial charge in [-0.3, -0.25) is 9.40 Å². The van der Waals surface area contributed by atoms with E-state index in [2.05, 4.69) is 9.82 Å². The van der Waals surface area contributed by atoms with Gasteiger partial charge in [0.05, 0.1) is 16.8 Å². The third kappa shape index (κ3) is 3.11. The minimum Gasteiger partial charge on any atom is -0.399 e. The molecule has 0 spiro atoms. The number of rotatable bonds is 4. The van der Waals surface area contributed by atoms with Gasteiger partial charge in [-0.25, -0.2) is 8.42 Å². The lowest BCUT2D eigenvalue weighted by molar-refractivity contribution is 0.532. The molecule has 0 amide bonds. The Morgan fingerprint density at radius 1 is 1.30 bits per heavy atom. The highest BCUT2D eigenvalue weighted by Crippen LogP contribution is 2.20. The first-order valence-electron chi connectivity index (χ1n) is 6.22. The molecule has 0 radical (unpaired) electrons. The first kappa shape index (κ1) is 14.4. The van der Waals surface area contributed by atoms with E-state index in [9.17, 15) is 8.42 Å². The standard InChI is InChI=1S/C13H18N4O2S/c1-9(2)17-8-12(7-15-17)16-20(18,19)13-5-10(3)4-11(14)6-13/h4-9,16H,14H2,1-3H3. The number of nitrogens with one attached hydrogen (secondary N) is 1. The number of hydrogen-bond acceptors (Lipinski definition) is 4. The molecule has 0 aliphatic heterocycles. The summed E-state index contributed by atoms with van der Waals surface area (Å²) in [5.74, 6) is 0. The fourth-order valence-corrected chi connectivity index (χ4v) is 2.98. The number of aromatic nitrogens is 2. The number of nitrogens with two attached hydrogens (primary N) is 1. The average Bonchev–Trinajstić information content (AvgIpc) is 2.75. The molecule has 0 saturated heterocycles. The van der Waals surface area contributed by atoms with E-state index in [0.717, 1.165) is 5.56 Å². The number of nitrogen functional groups attached to an aromatic ring is 1. The minimum atomic E-state index is -3.65. The van der Waals surface area contributed by atoms with E-state index in [1.54, 1.807) is 29.9 Å². The quantitative estimate of drug-likeness (QED) is 0.845. The zero-order valence-electron chi connectivity index (χ0n) is 11.7. The highest BCUT2D eigenvalue weighted by molar-refractivity contribution is 7.92. The number of hydrogen-bond donors (Lipinski definition) is 2. The third-order valence-corrected chi connectivity index (χ3v) is 4.13. The van der Waals surface area contributed by atoms with Crippen molar-refractivity contribution in [3.63, 3.8) is 0 Å². The predicted molar refractivity (Wildman–Crippen MR) is 79.0 cm³/mol. The average molecular weight is 294 g/mol. The van der Waals surface area contributed by atoms with Crippen LogP contribution in [0, 0.1) is 6.92 Å². The highest BCUT2D eigenvalue weighted by atomic mass is 32.2. The number of anilines is 2.